The summed E-state index contributed by atoms with van der Waals surface area (Å²) in [5.74, 6) is 2.05. The van der Waals surface area contributed by atoms with Crippen LogP contribution in [0.4, 0.5) is 4.79 Å². The summed E-state index contributed by atoms with van der Waals surface area (Å²) in [6, 6.07) is 0.376. The maximum Gasteiger partial charge on any atom is 0.357 e. The van der Waals surface area contributed by atoms with Crippen LogP contribution in [0.3, 0.4) is 0 Å². The Kier molecular flexibility index (Phi) is 4.61. The first-order valence-electron chi connectivity index (χ1n) is 10.7. The fourth-order valence-electron chi connectivity index (χ4n) is 6.14. The maximum absolute atomic E-state index is 13.3. The van der Waals surface area contributed by atoms with Gasteiger partial charge in [-0.2, -0.15) is 0 Å². The van der Waals surface area contributed by atoms with Gasteiger partial charge in [0.05, 0.1) is 13.2 Å². The van der Waals surface area contributed by atoms with Crippen LogP contribution in [0.5, 0.6) is 0 Å². The fourth-order valence-corrected chi connectivity index (χ4v) is 6.90. The Labute approximate surface area is 170 Å². The van der Waals surface area contributed by atoms with Gasteiger partial charge < -0.3 is 15.0 Å². The van der Waals surface area contributed by atoms with Gasteiger partial charge in [-0.05, 0) is 76.0 Å². The molecule has 0 atom stereocenters. The van der Waals surface area contributed by atoms with E-state index in [9.17, 15) is 9.59 Å². The van der Waals surface area contributed by atoms with E-state index in [0.717, 1.165) is 54.9 Å². The third-order valence-corrected chi connectivity index (χ3v) is 7.83. The van der Waals surface area contributed by atoms with Crippen LogP contribution >= 0.6 is 11.3 Å². The van der Waals surface area contributed by atoms with E-state index in [2.05, 4.69) is 10.3 Å². The molecular weight excluding hydrogens is 374 g/mol. The molecule has 152 valence electrons. The van der Waals surface area contributed by atoms with Crippen molar-refractivity contribution in [2.75, 3.05) is 6.61 Å². The monoisotopic (exact) mass is 403 g/mol. The predicted octanol–water partition coefficient (Wildman–Crippen LogP) is 3.96. The second kappa shape index (κ2) is 7.01. The molecular formula is C21H29N3O3S. The van der Waals surface area contributed by atoms with Crippen LogP contribution in [0.2, 0.25) is 0 Å². The lowest BCUT2D eigenvalue weighted by molar-refractivity contribution is -0.0159. The molecule has 0 aromatic carbocycles. The largest absolute Gasteiger partial charge is 0.461 e. The van der Waals surface area contributed by atoms with Gasteiger partial charge in [-0.1, -0.05) is 0 Å². The molecule has 0 unspecified atom stereocenters. The molecule has 5 fully saturated rings. The lowest BCUT2D eigenvalue weighted by Crippen LogP contribution is -2.62. The minimum absolute atomic E-state index is 0.0257. The highest BCUT2D eigenvalue weighted by molar-refractivity contribution is 7.09. The van der Waals surface area contributed by atoms with Crippen molar-refractivity contribution in [2.24, 2.45) is 17.8 Å². The highest BCUT2D eigenvalue weighted by Gasteiger charge is 2.52. The summed E-state index contributed by atoms with van der Waals surface area (Å²) in [6.07, 6.45) is 9.72. The molecule has 2 amide bonds. The zero-order valence-corrected chi connectivity index (χ0v) is 17.3. The second-order valence-electron chi connectivity index (χ2n) is 9.33. The highest BCUT2D eigenvalue weighted by atomic mass is 32.1. The smallest absolute Gasteiger partial charge is 0.357 e. The summed E-state index contributed by atoms with van der Waals surface area (Å²) in [6.45, 7) is 2.61. The number of thiazole rings is 1. The second-order valence-corrected chi connectivity index (χ2v) is 10.3. The van der Waals surface area contributed by atoms with Crippen molar-refractivity contribution < 1.29 is 14.3 Å². The van der Waals surface area contributed by atoms with Gasteiger partial charge in [-0.15, -0.1) is 11.3 Å². The molecule has 0 saturated heterocycles. The van der Waals surface area contributed by atoms with Crippen LogP contribution < -0.4 is 5.32 Å². The molecule has 6 rings (SSSR count). The van der Waals surface area contributed by atoms with Gasteiger partial charge in [0, 0.05) is 17.0 Å². The number of carbonyl (C=O) groups is 2. The number of amides is 2. The molecule has 5 saturated carbocycles. The van der Waals surface area contributed by atoms with E-state index >= 15 is 0 Å². The molecule has 1 aromatic heterocycles. The Morgan fingerprint density at radius 3 is 2.43 bits per heavy atom. The van der Waals surface area contributed by atoms with Crippen molar-refractivity contribution in [3.63, 3.8) is 0 Å². The predicted molar refractivity (Wildman–Crippen MR) is 106 cm³/mol. The van der Waals surface area contributed by atoms with Gasteiger partial charge in [0.1, 0.15) is 5.01 Å². The van der Waals surface area contributed by atoms with Crippen LogP contribution in [0.15, 0.2) is 5.38 Å². The minimum Gasteiger partial charge on any atom is -0.461 e. The number of hydrogen-bond donors (Lipinski definition) is 1. The quantitative estimate of drug-likeness (QED) is 0.730. The van der Waals surface area contributed by atoms with E-state index in [1.807, 2.05) is 4.90 Å². The molecule has 0 radical (unpaired) electrons. The Bertz CT molecular complexity index is 737. The van der Waals surface area contributed by atoms with Crippen LogP contribution in [0.25, 0.3) is 0 Å². The third kappa shape index (κ3) is 3.53. The summed E-state index contributed by atoms with van der Waals surface area (Å²) in [5, 5.41) is 6.02. The number of ether oxygens (including phenoxy) is 1. The average Bonchev–Trinajstić information content (AvgIpc) is 3.35. The van der Waals surface area contributed by atoms with Crippen molar-refractivity contribution >= 4 is 23.3 Å². The molecule has 5 aliphatic rings. The van der Waals surface area contributed by atoms with Crippen molar-refractivity contribution in [3.05, 3.63) is 16.1 Å². The SMILES string of the molecule is CCOC(=O)c1csc(CN(C(=O)NC23CC4CC(CC(C4)C2)C3)C2CC2)n1. The van der Waals surface area contributed by atoms with Crippen molar-refractivity contribution in [1.29, 1.82) is 0 Å². The molecule has 4 bridgehead atoms. The van der Waals surface area contributed by atoms with E-state index < -0.39 is 0 Å². The Morgan fingerprint density at radius 1 is 1.21 bits per heavy atom. The van der Waals surface area contributed by atoms with Crippen molar-refractivity contribution in [2.45, 2.75) is 76.4 Å². The third-order valence-electron chi connectivity index (χ3n) is 7.00. The molecule has 1 heterocycles. The van der Waals surface area contributed by atoms with Crippen molar-refractivity contribution in [3.8, 4) is 0 Å². The first kappa shape index (κ1) is 18.4. The normalized spacial score (nSPS) is 33.0. The number of nitrogens with one attached hydrogen (secondary N) is 1. The molecule has 7 heteroatoms. The number of hydrogen-bond acceptors (Lipinski definition) is 5. The fraction of sp³-hybridized carbons (Fsp3) is 0.762. The van der Waals surface area contributed by atoms with Gasteiger partial charge >= 0.3 is 12.0 Å². The molecule has 1 aromatic rings. The van der Waals surface area contributed by atoms with Crippen LogP contribution in [-0.4, -0.2) is 40.1 Å². The summed E-state index contributed by atoms with van der Waals surface area (Å²) in [5.41, 5.74) is 0.372. The number of nitrogens with zero attached hydrogens (tertiary/aromatic N) is 2. The molecule has 28 heavy (non-hydrogen) atoms. The Balaban J connectivity index is 1.27. The van der Waals surface area contributed by atoms with Gasteiger partial charge in [-0.25, -0.2) is 14.6 Å². The first-order chi connectivity index (χ1) is 13.5. The molecule has 5 aliphatic carbocycles. The van der Waals surface area contributed by atoms with E-state index in [1.165, 1.54) is 30.6 Å². The lowest BCUT2D eigenvalue weighted by Gasteiger charge is -2.57. The molecule has 0 aliphatic heterocycles. The van der Waals surface area contributed by atoms with E-state index in [1.54, 1.807) is 12.3 Å². The summed E-state index contributed by atoms with van der Waals surface area (Å²) < 4.78 is 5.02. The number of urea groups is 1. The van der Waals surface area contributed by atoms with Gasteiger partial charge in [0.2, 0.25) is 0 Å². The topological polar surface area (TPSA) is 71.5 Å². The Hall–Kier alpha value is -1.63. The number of aromatic nitrogens is 1. The summed E-state index contributed by atoms with van der Waals surface area (Å²) in [4.78, 5) is 31.5. The number of carbonyl (C=O) groups excluding carboxylic acids is 2. The van der Waals surface area contributed by atoms with Gasteiger partial charge in [-0.3, -0.25) is 0 Å². The minimum atomic E-state index is -0.388. The molecule has 6 nitrogen and oxygen atoms in total. The van der Waals surface area contributed by atoms with E-state index in [-0.39, 0.29) is 17.5 Å². The van der Waals surface area contributed by atoms with Crippen LogP contribution in [0.1, 0.15) is 73.8 Å². The standard InChI is InChI=1S/C21H29N3O3S/c1-2-27-19(25)17-12-28-18(22-17)11-24(16-3-4-16)20(26)23-21-8-13-5-14(9-21)7-15(6-13)10-21/h12-16H,2-11H2,1H3,(H,23,26). The average molecular weight is 404 g/mol. The van der Waals surface area contributed by atoms with Gasteiger partial charge in [0.15, 0.2) is 5.69 Å². The zero-order chi connectivity index (χ0) is 19.3. The number of rotatable bonds is 6. The molecule has 1 N–H and O–H groups in total. The maximum atomic E-state index is 13.3. The van der Waals surface area contributed by atoms with E-state index in [4.69, 9.17) is 4.74 Å². The van der Waals surface area contributed by atoms with Crippen LogP contribution in [-0.2, 0) is 11.3 Å². The van der Waals surface area contributed by atoms with Crippen molar-refractivity contribution in [1.82, 2.24) is 15.2 Å². The van der Waals surface area contributed by atoms with Gasteiger partial charge in [0.25, 0.3) is 0 Å². The Morgan fingerprint density at radius 2 is 1.86 bits per heavy atom. The number of esters is 1. The summed E-state index contributed by atoms with van der Waals surface area (Å²) >= 11 is 1.43. The summed E-state index contributed by atoms with van der Waals surface area (Å²) in [7, 11) is 0. The highest BCUT2D eigenvalue weighted by Crippen LogP contribution is 2.55. The zero-order valence-electron chi connectivity index (χ0n) is 16.5. The first-order valence-corrected chi connectivity index (χ1v) is 11.6. The van der Waals surface area contributed by atoms with Crippen LogP contribution in [0, 0.1) is 17.8 Å². The van der Waals surface area contributed by atoms with E-state index in [0.29, 0.717) is 24.9 Å². The molecule has 0 spiro atoms. The lowest BCUT2D eigenvalue weighted by atomic mass is 9.53.